The van der Waals surface area contributed by atoms with Gasteiger partial charge in [-0.05, 0) is 57.7 Å². The smallest absolute Gasteiger partial charge is 0.160 e. The lowest BCUT2D eigenvalue weighted by Gasteiger charge is -2.18. The largest absolute Gasteiger partial charge is 0.493 e. The van der Waals surface area contributed by atoms with E-state index in [0.717, 1.165) is 43.6 Å². The Labute approximate surface area is 160 Å². The summed E-state index contributed by atoms with van der Waals surface area (Å²) >= 11 is 0. The SMILES string of the molecule is COc1ccc(CCCCCCCCCS(=O)(=O)C(C)(C)C)cc1OC. The van der Waals surface area contributed by atoms with E-state index in [9.17, 15) is 8.42 Å². The molecule has 0 aliphatic carbocycles. The number of hydrogen-bond acceptors (Lipinski definition) is 4. The molecule has 0 fully saturated rings. The highest BCUT2D eigenvalue weighted by molar-refractivity contribution is 7.92. The van der Waals surface area contributed by atoms with Crippen molar-refractivity contribution in [3.8, 4) is 11.5 Å². The van der Waals surface area contributed by atoms with E-state index in [-0.39, 0.29) is 0 Å². The highest BCUT2D eigenvalue weighted by atomic mass is 32.2. The molecule has 0 aliphatic rings. The molecule has 0 bridgehead atoms. The fourth-order valence-electron chi connectivity index (χ4n) is 2.85. The van der Waals surface area contributed by atoms with Crippen LogP contribution >= 0.6 is 0 Å². The van der Waals surface area contributed by atoms with Gasteiger partial charge in [-0.25, -0.2) is 8.42 Å². The van der Waals surface area contributed by atoms with Gasteiger partial charge in [0.2, 0.25) is 0 Å². The standard InChI is InChI=1S/C21H36O4S/c1-21(2,3)26(22,23)16-12-10-8-6-7-9-11-13-18-14-15-19(24-4)20(17-18)25-5/h14-15,17H,6-13,16H2,1-5H3. The first kappa shape index (κ1) is 22.8. The fraction of sp³-hybridized carbons (Fsp3) is 0.714. The molecule has 0 aromatic heterocycles. The summed E-state index contributed by atoms with van der Waals surface area (Å²) in [6, 6.07) is 6.10. The van der Waals surface area contributed by atoms with Gasteiger partial charge in [0.05, 0.1) is 24.7 Å². The van der Waals surface area contributed by atoms with Gasteiger partial charge in [-0.15, -0.1) is 0 Å². The number of unbranched alkanes of at least 4 members (excludes halogenated alkanes) is 6. The van der Waals surface area contributed by atoms with Crippen molar-refractivity contribution < 1.29 is 17.9 Å². The van der Waals surface area contributed by atoms with Crippen molar-refractivity contribution in [1.29, 1.82) is 0 Å². The summed E-state index contributed by atoms with van der Waals surface area (Å²) in [6.45, 7) is 5.34. The summed E-state index contributed by atoms with van der Waals surface area (Å²) < 4.78 is 34.0. The van der Waals surface area contributed by atoms with Gasteiger partial charge >= 0.3 is 0 Å². The molecule has 0 radical (unpaired) electrons. The van der Waals surface area contributed by atoms with Gasteiger partial charge in [-0.2, -0.15) is 0 Å². The molecule has 5 heteroatoms. The van der Waals surface area contributed by atoms with Gasteiger partial charge in [0.15, 0.2) is 21.3 Å². The quantitative estimate of drug-likeness (QED) is 0.465. The van der Waals surface area contributed by atoms with Crippen molar-refractivity contribution in [2.45, 2.75) is 76.9 Å². The van der Waals surface area contributed by atoms with E-state index in [2.05, 4.69) is 12.1 Å². The van der Waals surface area contributed by atoms with Crippen LogP contribution in [0.1, 0.15) is 71.3 Å². The van der Waals surface area contributed by atoms with Crippen molar-refractivity contribution in [3.05, 3.63) is 23.8 Å². The number of hydrogen-bond donors (Lipinski definition) is 0. The van der Waals surface area contributed by atoms with E-state index in [1.54, 1.807) is 35.0 Å². The topological polar surface area (TPSA) is 52.6 Å². The molecule has 150 valence electrons. The molecule has 0 N–H and O–H groups in total. The lowest BCUT2D eigenvalue weighted by molar-refractivity contribution is 0.354. The Bertz CT molecular complexity index is 630. The number of methoxy groups -OCH3 is 2. The van der Waals surface area contributed by atoms with Crippen LogP contribution in [0.3, 0.4) is 0 Å². The Hall–Kier alpha value is -1.23. The second kappa shape index (κ2) is 10.8. The molecule has 1 rings (SSSR count). The third kappa shape index (κ3) is 7.56. The minimum absolute atomic E-state index is 0.315. The van der Waals surface area contributed by atoms with Crippen LogP contribution in [0.2, 0.25) is 0 Å². The summed E-state index contributed by atoms with van der Waals surface area (Å²) in [4.78, 5) is 0. The van der Waals surface area contributed by atoms with Crippen molar-refractivity contribution in [1.82, 2.24) is 0 Å². The van der Waals surface area contributed by atoms with Crippen LogP contribution in [0.4, 0.5) is 0 Å². The number of rotatable bonds is 12. The van der Waals surface area contributed by atoms with Crippen LogP contribution in [0.5, 0.6) is 11.5 Å². The van der Waals surface area contributed by atoms with Crippen LogP contribution in [0, 0.1) is 0 Å². The lowest BCUT2D eigenvalue weighted by atomic mass is 10.0. The lowest BCUT2D eigenvalue weighted by Crippen LogP contribution is -2.30. The van der Waals surface area contributed by atoms with Gasteiger partial charge in [0.1, 0.15) is 0 Å². The predicted octanol–water partition coefficient (Wildman–Crippen LogP) is 5.19. The van der Waals surface area contributed by atoms with Crippen molar-refractivity contribution in [2.75, 3.05) is 20.0 Å². The molecule has 0 spiro atoms. The Kier molecular flexibility index (Phi) is 9.48. The van der Waals surface area contributed by atoms with Crippen LogP contribution in [0.25, 0.3) is 0 Å². The highest BCUT2D eigenvalue weighted by Crippen LogP contribution is 2.28. The summed E-state index contributed by atoms with van der Waals surface area (Å²) in [6.07, 6.45) is 8.71. The van der Waals surface area contributed by atoms with Crippen molar-refractivity contribution in [2.24, 2.45) is 0 Å². The molecule has 0 atom stereocenters. The third-order valence-corrected chi connectivity index (χ3v) is 7.45. The zero-order valence-corrected chi connectivity index (χ0v) is 18.0. The average molecular weight is 385 g/mol. The summed E-state index contributed by atoms with van der Waals surface area (Å²) in [7, 11) is 0.350. The molecule has 1 aromatic rings. The second-order valence-corrected chi connectivity index (χ2v) is 10.7. The Balaban J connectivity index is 2.13. The van der Waals surface area contributed by atoms with Gasteiger partial charge in [-0.1, -0.05) is 38.2 Å². The Morgan fingerprint density at radius 1 is 0.808 bits per heavy atom. The van der Waals surface area contributed by atoms with Crippen molar-refractivity contribution in [3.63, 3.8) is 0 Å². The van der Waals surface area contributed by atoms with E-state index >= 15 is 0 Å². The third-order valence-electron chi connectivity index (χ3n) is 4.76. The monoisotopic (exact) mass is 384 g/mol. The summed E-state index contributed by atoms with van der Waals surface area (Å²) in [5, 5.41) is 0. The van der Waals surface area contributed by atoms with Gasteiger partial charge < -0.3 is 9.47 Å². The average Bonchev–Trinajstić information content (AvgIpc) is 2.59. The zero-order chi connectivity index (χ0) is 19.6. The molecular weight excluding hydrogens is 348 g/mol. The number of sulfone groups is 1. The van der Waals surface area contributed by atoms with Gasteiger partial charge in [0, 0.05) is 0 Å². The minimum Gasteiger partial charge on any atom is -0.493 e. The fourth-order valence-corrected chi connectivity index (χ4v) is 4.04. The number of benzene rings is 1. The summed E-state index contributed by atoms with van der Waals surface area (Å²) in [5.74, 6) is 1.87. The molecule has 0 aliphatic heterocycles. The van der Waals surface area contributed by atoms with Crippen LogP contribution in [0.15, 0.2) is 18.2 Å². The molecule has 1 aromatic carbocycles. The molecule has 0 heterocycles. The first-order chi connectivity index (χ1) is 12.2. The maximum absolute atomic E-state index is 12.0. The van der Waals surface area contributed by atoms with E-state index in [1.807, 2.05) is 6.07 Å². The molecule has 0 amide bonds. The van der Waals surface area contributed by atoms with Gasteiger partial charge in [0.25, 0.3) is 0 Å². The van der Waals surface area contributed by atoms with Crippen LogP contribution in [-0.4, -0.2) is 33.1 Å². The normalized spacial score (nSPS) is 12.2. The summed E-state index contributed by atoms with van der Waals surface area (Å²) in [5.41, 5.74) is 1.27. The second-order valence-electron chi connectivity index (χ2n) is 7.85. The van der Waals surface area contributed by atoms with E-state index in [1.165, 1.54) is 24.8 Å². The maximum Gasteiger partial charge on any atom is 0.160 e. The molecule has 4 nitrogen and oxygen atoms in total. The van der Waals surface area contributed by atoms with E-state index in [0.29, 0.717) is 5.75 Å². The molecular formula is C21H36O4S. The molecule has 0 saturated heterocycles. The zero-order valence-electron chi connectivity index (χ0n) is 17.1. The van der Waals surface area contributed by atoms with E-state index < -0.39 is 14.6 Å². The van der Waals surface area contributed by atoms with Crippen LogP contribution in [-0.2, 0) is 16.3 Å². The van der Waals surface area contributed by atoms with E-state index in [4.69, 9.17) is 9.47 Å². The van der Waals surface area contributed by atoms with Crippen molar-refractivity contribution >= 4 is 9.84 Å². The van der Waals surface area contributed by atoms with Gasteiger partial charge in [-0.3, -0.25) is 0 Å². The first-order valence-electron chi connectivity index (χ1n) is 9.64. The molecule has 0 unspecified atom stereocenters. The minimum atomic E-state index is -2.96. The highest BCUT2D eigenvalue weighted by Gasteiger charge is 2.27. The number of aryl methyl sites for hydroxylation is 1. The Morgan fingerprint density at radius 3 is 1.88 bits per heavy atom. The Morgan fingerprint density at radius 2 is 1.35 bits per heavy atom. The first-order valence-corrected chi connectivity index (χ1v) is 11.3. The predicted molar refractivity (Wildman–Crippen MR) is 109 cm³/mol. The molecule has 0 saturated carbocycles. The maximum atomic E-state index is 12.0. The molecule has 26 heavy (non-hydrogen) atoms. The number of ether oxygens (including phenoxy) is 2. The van der Waals surface area contributed by atoms with Crippen LogP contribution < -0.4 is 9.47 Å².